The van der Waals surface area contributed by atoms with Crippen LogP contribution in [0.2, 0.25) is 0 Å². The van der Waals surface area contributed by atoms with E-state index in [0.29, 0.717) is 5.69 Å². The Morgan fingerprint density at radius 1 is 1.53 bits per heavy atom. The summed E-state index contributed by atoms with van der Waals surface area (Å²) in [5.74, 6) is -2.08. The van der Waals surface area contributed by atoms with Gasteiger partial charge in [0.1, 0.15) is 11.9 Å². The first-order valence-corrected chi connectivity index (χ1v) is 5.51. The fourth-order valence-corrected chi connectivity index (χ4v) is 1.79. The summed E-state index contributed by atoms with van der Waals surface area (Å²) in [5.41, 5.74) is -0.0350. The Labute approximate surface area is 108 Å². The van der Waals surface area contributed by atoms with E-state index in [9.17, 15) is 14.0 Å². The van der Waals surface area contributed by atoms with Gasteiger partial charge >= 0.3 is 5.97 Å². The summed E-state index contributed by atoms with van der Waals surface area (Å²) in [6.45, 7) is 1.66. The van der Waals surface area contributed by atoms with Crippen molar-refractivity contribution in [3.63, 3.8) is 0 Å². The standard InChI is InChI=1S/C13H9FN2O3/c1-2-19-13(18)9(6-15)11-8-5-7(14)3-4-10(8)16-12(11)17/h3-5H,2H2,1H3,(H,16,17)/b11-9-. The van der Waals surface area contributed by atoms with Crippen LogP contribution in [-0.2, 0) is 14.3 Å². The summed E-state index contributed by atoms with van der Waals surface area (Å²) in [5, 5.41) is 11.5. The van der Waals surface area contributed by atoms with Gasteiger partial charge in [-0.2, -0.15) is 5.26 Å². The molecule has 1 amide bonds. The van der Waals surface area contributed by atoms with Crippen molar-refractivity contribution in [3.05, 3.63) is 35.2 Å². The highest BCUT2D eigenvalue weighted by molar-refractivity contribution is 6.35. The van der Waals surface area contributed by atoms with Crippen LogP contribution in [0.1, 0.15) is 12.5 Å². The van der Waals surface area contributed by atoms with Gasteiger partial charge in [0.2, 0.25) is 0 Å². The Hall–Kier alpha value is -2.68. The molecule has 0 fully saturated rings. The lowest BCUT2D eigenvalue weighted by Gasteiger charge is -2.03. The molecule has 6 heteroatoms. The number of nitriles is 1. The lowest BCUT2D eigenvalue weighted by molar-refractivity contribution is -0.138. The number of benzene rings is 1. The third-order valence-electron chi connectivity index (χ3n) is 2.57. The number of hydrogen-bond donors (Lipinski definition) is 1. The molecule has 1 heterocycles. The Bertz CT molecular complexity index is 644. The average Bonchev–Trinajstić information content (AvgIpc) is 2.68. The molecule has 0 aliphatic carbocycles. The van der Waals surface area contributed by atoms with Crippen molar-refractivity contribution in [2.45, 2.75) is 6.92 Å². The van der Waals surface area contributed by atoms with E-state index in [1.807, 2.05) is 0 Å². The van der Waals surface area contributed by atoms with Gasteiger partial charge in [-0.1, -0.05) is 0 Å². The number of halogens is 1. The van der Waals surface area contributed by atoms with Gasteiger partial charge in [0, 0.05) is 11.3 Å². The largest absolute Gasteiger partial charge is 0.462 e. The number of anilines is 1. The highest BCUT2D eigenvalue weighted by Gasteiger charge is 2.31. The molecule has 19 heavy (non-hydrogen) atoms. The van der Waals surface area contributed by atoms with E-state index in [2.05, 4.69) is 5.32 Å². The topological polar surface area (TPSA) is 79.2 Å². The zero-order chi connectivity index (χ0) is 14.0. The minimum Gasteiger partial charge on any atom is -0.462 e. The lowest BCUT2D eigenvalue weighted by Crippen LogP contribution is -2.13. The molecular formula is C13H9FN2O3. The molecular weight excluding hydrogens is 251 g/mol. The maximum atomic E-state index is 13.2. The fraction of sp³-hybridized carbons (Fsp3) is 0.154. The summed E-state index contributed by atoms with van der Waals surface area (Å²) in [4.78, 5) is 23.4. The Morgan fingerprint density at radius 2 is 2.26 bits per heavy atom. The van der Waals surface area contributed by atoms with Crippen LogP contribution in [-0.4, -0.2) is 18.5 Å². The number of fused-ring (bicyclic) bond motifs is 1. The van der Waals surface area contributed by atoms with Crippen molar-refractivity contribution in [1.29, 1.82) is 5.26 Å². The zero-order valence-corrected chi connectivity index (χ0v) is 9.99. The van der Waals surface area contributed by atoms with Crippen molar-refractivity contribution in [1.82, 2.24) is 0 Å². The molecule has 0 unspecified atom stereocenters. The first kappa shape index (κ1) is 12.8. The minimum atomic E-state index is -0.896. The second-order valence-corrected chi connectivity index (χ2v) is 3.73. The van der Waals surface area contributed by atoms with Gasteiger partial charge in [-0.15, -0.1) is 0 Å². The van der Waals surface area contributed by atoms with E-state index in [1.54, 1.807) is 13.0 Å². The normalized spacial score (nSPS) is 15.3. The third kappa shape index (κ3) is 2.18. The number of ether oxygens (including phenoxy) is 1. The second kappa shape index (κ2) is 4.90. The van der Waals surface area contributed by atoms with E-state index in [-0.39, 0.29) is 17.7 Å². The monoisotopic (exact) mass is 260 g/mol. The molecule has 0 bridgehead atoms. The van der Waals surface area contributed by atoms with Gasteiger partial charge in [0.25, 0.3) is 5.91 Å². The Kier molecular flexibility index (Phi) is 3.29. The number of nitrogens with zero attached hydrogens (tertiary/aromatic N) is 1. The number of hydrogen-bond acceptors (Lipinski definition) is 4. The molecule has 0 spiro atoms. The Balaban J connectivity index is 2.62. The molecule has 0 radical (unpaired) electrons. The van der Waals surface area contributed by atoms with Gasteiger partial charge in [-0.3, -0.25) is 4.79 Å². The highest BCUT2D eigenvalue weighted by atomic mass is 19.1. The van der Waals surface area contributed by atoms with Gasteiger partial charge in [0.05, 0.1) is 12.2 Å². The van der Waals surface area contributed by atoms with Crippen LogP contribution in [0, 0.1) is 17.1 Å². The maximum absolute atomic E-state index is 13.2. The number of carbonyl (C=O) groups is 2. The molecule has 0 atom stereocenters. The maximum Gasteiger partial charge on any atom is 0.349 e. The fourth-order valence-electron chi connectivity index (χ4n) is 1.79. The average molecular weight is 260 g/mol. The van der Waals surface area contributed by atoms with Crippen LogP contribution < -0.4 is 5.32 Å². The second-order valence-electron chi connectivity index (χ2n) is 3.73. The van der Waals surface area contributed by atoms with Gasteiger partial charge in [-0.25, -0.2) is 9.18 Å². The predicted molar refractivity (Wildman–Crippen MR) is 64.2 cm³/mol. The summed E-state index contributed by atoms with van der Waals surface area (Å²) in [6, 6.07) is 5.29. The number of nitrogens with one attached hydrogen (secondary N) is 1. The third-order valence-corrected chi connectivity index (χ3v) is 2.57. The summed E-state index contributed by atoms with van der Waals surface area (Å²) < 4.78 is 17.9. The van der Waals surface area contributed by atoms with Crippen molar-refractivity contribution in [3.8, 4) is 6.07 Å². The van der Waals surface area contributed by atoms with E-state index in [4.69, 9.17) is 10.00 Å². The van der Waals surface area contributed by atoms with E-state index < -0.39 is 23.3 Å². The molecule has 1 aromatic rings. The molecule has 0 saturated carbocycles. The van der Waals surface area contributed by atoms with Gasteiger partial charge in [0.15, 0.2) is 5.57 Å². The van der Waals surface area contributed by atoms with Crippen molar-refractivity contribution < 1.29 is 18.7 Å². The molecule has 1 aliphatic heterocycles. The van der Waals surface area contributed by atoms with Gasteiger partial charge in [-0.05, 0) is 25.1 Å². The molecule has 0 saturated heterocycles. The lowest BCUT2D eigenvalue weighted by atomic mass is 10.0. The molecule has 5 nitrogen and oxygen atoms in total. The molecule has 2 rings (SSSR count). The number of rotatable bonds is 2. The van der Waals surface area contributed by atoms with Crippen molar-refractivity contribution in [2.24, 2.45) is 0 Å². The van der Waals surface area contributed by atoms with E-state index >= 15 is 0 Å². The van der Waals surface area contributed by atoms with E-state index in [1.165, 1.54) is 12.1 Å². The van der Waals surface area contributed by atoms with Gasteiger partial charge < -0.3 is 10.1 Å². The van der Waals surface area contributed by atoms with Crippen LogP contribution in [0.25, 0.3) is 5.57 Å². The van der Waals surface area contributed by atoms with Crippen LogP contribution >= 0.6 is 0 Å². The zero-order valence-electron chi connectivity index (χ0n) is 9.99. The number of carbonyl (C=O) groups excluding carboxylic acids is 2. The van der Waals surface area contributed by atoms with Crippen molar-refractivity contribution >= 4 is 23.1 Å². The quantitative estimate of drug-likeness (QED) is 0.498. The molecule has 96 valence electrons. The highest BCUT2D eigenvalue weighted by Crippen LogP contribution is 2.34. The first-order valence-electron chi connectivity index (χ1n) is 5.51. The SMILES string of the molecule is CCOC(=O)/C(C#N)=C1\C(=O)Nc2ccc(F)cc21. The molecule has 0 aromatic heterocycles. The Morgan fingerprint density at radius 3 is 2.89 bits per heavy atom. The van der Waals surface area contributed by atoms with Crippen LogP contribution in [0.15, 0.2) is 23.8 Å². The summed E-state index contributed by atoms with van der Waals surface area (Å²) >= 11 is 0. The number of amides is 1. The van der Waals surface area contributed by atoms with Crippen LogP contribution in [0.3, 0.4) is 0 Å². The molecule has 1 N–H and O–H groups in total. The van der Waals surface area contributed by atoms with Crippen LogP contribution in [0.5, 0.6) is 0 Å². The number of esters is 1. The smallest absolute Gasteiger partial charge is 0.349 e. The first-order chi connectivity index (χ1) is 9.08. The van der Waals surface area contributed by atoms with Crippen molar-refractivity contribution in [2.75, 3.05) is 11.9 Å². The summed E-state index contributed by atoms with van der Waals surface area (Å²) in [7, 11) is 0. The van der Waals surface area contributed by atoms with Crippen LogP contribution in [0.4, 0.5) is 10.1 Å². The minimum absolute atomic E-state index is 0.0783. The summed E-state index contributed by atoms with van der Waals surface area (Å²) in [6.07, 6.45) is 0. The molecule has 1 aromatic carbocycles. The van der Waals surface area contributed by atoms with E-state index in [0.717, 1.165) is 6.07 Å². The molecule has 1 aliphatic rings. The predicted octanol–water partition coefficient (Wildman–Crippen LogP) is 1.62.